The topological polar surface area (TPSA) is 88.1 Å². The van der Waals surface area contributed by atoms with E-state index in [9.17, 15) is 13.2 Å². The van der Waals surface area contributed by atoms with Crippen LogP contribution in [0.25, 0.3) is 0 Å². The normalized spacial score (nSPS) is 12.3. The van der Waals surface area contributed by atoms with Crippen molar-refractivity contribution in [2.45, 2.75) is 17.9 Å². The van der Waals surface area contributed by atoms with E-state index in [0.717, 1.165) is 6.26 Å². The highest BCUT2D eigenvalue weighted by Gasteiger charge is 2.14. The molecule has 7 nitrogen and oxygen atoms in total. The number of carbonyl (C=O) groups is 1. The maximum atomic E-state index is 11.9. The van der Waals surface area contributed by atoms with Crippen LogP contribution in [0.2, 0.25) is 0 Å². The molecule has 0 amide bonds. The van der Waals surface area contributed by atoms with E-state index in [1.165, 1.54) is 31.4 Å². The summed E-state index contributed by atoms with van der Waals surface area (Å²) in [7, 11) is -0.525. The molecule has 0 radical (unpaired) electrons. The summed E-state index contributed by atoms with van der Waals surface area (Å²) in [4.78, 5) is 12.1. The summed E-state index contributed by atoms with van der Waals surface area (Å²) < 4.78 is 44.7. The number of sulfone groups is 1. The van der Waals surface area contributed by atoms with Gasteiger partial charge in [0.1, 0.15) is 23.4 Å². The lowest BCUT2D eigenvalue weighted by Crippen LogP contribution is -2.18. The maximum absolute atomic E-state index is 11.9. The fourth-order valence-electron chi connectivity index (χ4n) is 2.34. The smallest absolute Gasteiger partial charge is 0.338 e. The third kappa shape index (κ3) is 5.97. The molecule has 0 aromatic heterocycles. The summed E-state index contributed by atoms with van der Waals surface area (Å²) in [6.07, 6.45) is 0.872. The molecule has 2 aromatic carbocycles. The molecule has 0 bridgehead atoms. The van der Waals surface area contributed by atoms with E-state index in [1.54, 1.807) is 25.3 Å². The van der Waals surface area contributed by atoms with Gasteiger partial charge in [0.05, 0.1) is 24.2 Å². The molecule has 146 valence electrons. The predicted molar refractivity (Wildman–Crippen MR) is 99.4 cm³/mol. The van der Waals surface area contributed by atoms with Crippen LogP contribution in [0.5, 0.6) is 17.2 Å². The van der Waals surface area contributed by atoms with Crippen LogP contribution in [-0.2, 0) is 19.3 Å². The molecule has 0 spiro atoms. The Morgan fingerprint density at radius 1 is 1.04 bits per heavy atom. The van der Waals surface area contributed by atoms with Gasteiger partial charge in [-0.15, -0.1) is 0 Å². The highest BCUT2D eigenvalue weighted by atomic mass is 32.2. The molecule has 1 atom stereocenters. The van der Waals surface area contributed by atoms with Gasteiger partial charge in [0.2, 0.25) is 0 Å². The first kappa shape index (κ1) is 20.7. The lowest BCUT2D eigenvalue weighted by molar-refractivity contribution is 0.0598. The minimum absolute atomic E-state index is 0.134. The third-order valence-corrected chi connectivity index (χ3v) is 4.62. The Kier molecular flexibility index (Phi) is 6.81. The second-order valence-corrected chi connectivity index (χ2v) is 7.93. The molecule has 0 aliphatic heterocycles. The minimum Gasteiger partial charge on any atom is -0.488 e. The number of hydrogen-bond acceptors (Lipinski definition) is 7. The molecular weight excluding hydrogens is 372 g/mol. The van der Waals surface area contributed by atoms with Crippen molar-refractivity contribution < 1.29 is 32.2 Å². The molecule has 0 saturated carbocycles. The van der Waals surface area contributed by atoms with Crippen LogP contribution in [0.3, 0.4) is 0 Å². The monoisotopic (exact) mass is 394 g/mol. The van der Waals surface area contributed by atoms with Crippen LogP contribution < -0.4 is 9.47 Å². The van der Waals surface area contributed by atoms with Crippen molar-refractivity contribution in [2.24, 2.45) is 0 Å². The van der Waals surface area contributed by atoms with Crippen LogP contribution in [0, 0.1) is 0 Å². The summed E-state index contributed by atoms with van der Waals surface area (Å²) in [5.74, 6) is 0.477. The number of methoxy groups -OCH3 is 2. The lowest BCUT2D eigenvalue weighted by atomic mass is 10.2. The van der Waals surface area contributed by atoms with Crippen molar-refractivity contribution in [1.29, 1.82) is 0 Å². The van der Waals surface area contributed by atoms with Crippen LogP contribution >= 0.6 is 0 Å². The SMILES string of the molecule is COCC(C)Oc1cc(Oc2cccc(S(C)(=O)=O)c2)cc(C(=O)OC)c1. The molecule has 8 heteroatoms. The van der Waals surface area contributed by atoms with Crippen LogP contribution in [0.15, 0.2) is 47.4 Å². The van der Waals surface area contributed by atoms with Crippen molar-refractivity contribution in [3.63, 3.8) is 0 Å². The van der Waals surface area contributed by atoms with E-state index in [4.69, 9.17) is 18.9 Å². The predicted octanol–water partition coefficient (Wildman–Crippen LogP) is 3.08. The van der Waals surface area contributed by atoms with Crippen molar-refractivity contribution in [3.8, 4) is 17.2 Å². The Balaban J connectivity index is 2.36. The number of rotatable bonds is 8. The Hall–Kier alpha value is -2.58. The van der Waals surface area contributed by atoms with Crippen molar-refractivity contribution in [3.05, 3.63) is 48.0 Å². The second-order valence-electron chi connectivity index (χ2n) is 5.92. The zero-order valence-electron chi connectivity index (χ0n) is 15.6. The fourth-order valence-corrected chi connectivity index (χ4v) is 3.00. The average molecular weight is 394 g/mol. The highest BCUT2D eigenvalue weighted by molar-refractivity contribution is 7.90. The quantitative estimate of drug-likeness (QED) is 0.636. The number of esters is 1. The summed E-state index contributed by atoms with van der Waals surface area (Å²) in [5, 5.41) is 0. The van der Waals surface area contributed by atoms with Crippen LogP contribution in [0.4, 0.5) is 0 Å². The zero-order chi connectivity index (χ0) is 20.0. The lowest BCUT2D eigenvalue weighted by Gasteiger charge is -2.16. The van der Waals surface area contributed by atoms with Gasteiger partial charge in [-0.3, -0.25) is 0 Å². The van der Waals surface area contributed by atoms with E-state index in [1.807, 2.05) is 6.92 Å². The highest BCUT2D eigenvalue weighted by Crippen LogP contribution is 2.29. The zero-order valence-corrected chi connectivity index (χ0v) is 16.4. The largest absolute Gasteiger partial charge is 0.488 e. The molecule has 2 rings (SSSR count). The molecule has 2 aromatic rings. The van der Waals surface area contributed by atoms with Gasteiger partial charge in [0.25, 0.3) is 0 Å². The summed E-state index contributed by atoms with van der Waals surface area (Å²) in [5.41, 5.74) is 0.244. The van der Waals surface area contributed by atoms with Gasteiger partial charge in [-0.05, 0) is 37.3 Å². The molecule has 0 heterocycles. The van der Waals surface area contributed by atoms with Crippen LogP contribution in [-0.4, -0.2) is 47.6 Å². The van der Waals surface area contributed by atoms with Gasteiger partial charge in [0, 0.05) is 19.4 Å². The number of benzene rings is 2. The van der Waals surface area contributed by atoms with Gasteiger partial charge >= 0.3 is 5.97 Å². The van der Waals surface area contributed by atoms with Crippen molar-refractivity contribution >= 4 is 15.8 Å². The van der Waals surface area contributed by atoms with E-state index >= 15 is 0 Å². The van der Waals surface area contributed by atoms with E-state index in [2.05, 4.69) is 0 Å². The van der Waals surface area contributed by atoms with E-state index in [-0.39, 0.29) is 16.6 Å². The first-order valence-corrected chi connectivity index (χ1v) is 9.99. The molecule has 0 aliphatic rings. The first-order chi connectivity index (χ1) is 12.7. The molecule has 0 fully saturated rings. The Labute approximate surface area is 158 Å². The molecule has 0 N–H and O–H groups in total. The first-order valence-electron chi connectivity index (χ1n) is 8.10. The maximum Gasteiger partial charge on any atom is 0.338 e. The minimum atomic E-state index is -3.37. The number of hydrogen-bond donors (Lipinski definition) is 0. The standard InChI is InChI=1S/C19H22O7S/c1-13(12-23-2)25-16-8-14(19(20)24-3)9-17(10-16)26-15-6-5-7-18(11-15)27(4,21)22/h5-11,13H,12H2,1-4H3. The Morgan fingerprint density at radius 3 is 2.37 bits per heavy atom. The Morgan fingerprint density at radius 2 is 1.74 bits per heavy atom. The molecule has 1 unspecified atom stereocenters. The summed E-state index contributed by atoms with van der Waals surface area (Å²) in [6, 6.07) is 10.7. The van der Waals surface area contributed by atoms with Gasteiger partial charge < -0.3 is 18.9 Å². The number of ether oxygens (including phenoxy) is 4. The molecule has 0 saturated heterocycles. The van der Waals surface area contributed by atoms with Crippen molar-refractivity contribution in [2.75, 3.05) is 27.1 Å². The summed E-state index contributed by atoms with van der Waals surface area (Å²) in [6.45, 7) is 2.19. The average Bonchev–Trinajstić information content (AvgIpc) is 2.60. The molecule has 0 aliphatic carbocycles. The number of carbonyl (C=O) groups excluding carboxylic acids is 1. The third-order valence-electron chi connectivity index (χ3n) is 3.51. The van der Waals surface area contributed by atoms with Crippen LogP contribution in [0.1, 0.15) is 17.3 Å². The fraction of sp³-hybridized carbons (Fsp3) is 0.316. The van der Waals surface area contributed by atoms with Gasteiger partial charge in [-0.25, -0.2) is 13.2 Å². The van der Waals surface area contributed by atoms with E-state index in [0.29, 0.717) is 23.9 Å². The van der Waals surface area contributed by atoms with E-state index < -0.39 is 15.8 Å². The Bertz CT molecular complexity index is 906. The summed E-state index contributed by atoms with van der Waals surface area (Å²) >= 11 is 0. The van der Waals surface area contributed by atoms with Gasteiger partial charge in [-0.1, -0.05) is 6.07 Å². The molecule has 27 heavy (non-hydrogen) atoms. The molecular formula is C19H22O7S. The van der Waals surface area contributed by atoms with Gasteiger partial charge in [-0.2, -0.15) is 0 Å². The second kappa shape index (κ2) is 8.88. The van der Waals surface area contributed by atoms with Gasteiger partial charge in [0.15, 0.2) is 9.84 Å². The van der Waals surface area contributed by atoms with Crippen molar-refractivity contribution in [1.82, 2.24) is 0 Å².